The predicted octanol–water partition coefficient (Wildman–Crippen LogP) is 4.26. The third-order valence-electron chi connectivity index (χ3n) is 4.42. The topological polar surface area (TPSA) is 72.9 Å². The van der Waals surface area contributed by atoms with E-state index in [2.05, 4.69) is 15.9 Å². The molecule has 0 spiro atoms. The molecule has 1 aromatic carbocycles. The first-order valence-electron chi connectivity index (χ1n) is 8.73. The highest BCUT2D eigenvalue weighted by atomic mass is 79.9. The maximum atomic E-state index is 13.5. The van der Waals surface area contributed by atoms with Crippen molar-refractivity contribution in [2.24, 2.45) is 0 Å². The third kappa shape index (κ3) is 4.28. The standard InChI is InChI=1S/C21H18BrNO5S2/c1-27-19(25)15-14-6-4-5-11-23(14)16(17(24)12-7-9-13(22)10-8-12)21(29-3)30-18(15)20(26)28-2/h4-11,14H,1-3H3. The largest absolute Gasteiger partial charge is 0.466 e. The van der Waals surface area contributed by atoms with Gasteiger partial charge in [0, 0.05) is 16.2 Å². The van der Waals surface area contributed by atoms with E-state index in [4.69, 9.17) is 9.47 Å². The number of hydrogen-bond donors (Lipinski definition) is 0. The molecule has 0 N–H and O–H groups in total. The van der Waals surface area contributed by atoms with Crippen molar-refractivity contribution in [2.45, 2.75) is 6.04 Å². The van der Waals surface area contributed by atoms with Crippen LogP contribution in [0.3, 0.4) is 0 Å². The monoisotopic (exact) mass is 507 g/mol. The van der Waals surface area contributed by atoms with Gasteiger partial charge in [-0.05, 0) is 36.6 Å². The Morgan fingerprint density at radius 2 is 1.73 bits per heavy atom. The molecule has 1 aromatic rings. The molecule has 0 fully saturated rings. The molecule has 2 heterocycles. The Hall–Kier alpha value is -2.23. The first-order chi connectivity index (χ1) is 14.4. The first kappa shape index (κ1) is 22.5. The van der Waals surface area contributed by atoms with E-state index in [1.54, 1.807) is 53.6 Å². The Kier molecular flexibility index (Phi) is 7.27. The highest BCUT2D eigenvalue weighted by molar-refractivity contribution is 9.10. The number of fused-ring (bicyclic) bond motifs is 1. The Morgan fingerprint density at radius 1 is 1.07 bits per heavy atom. The number of allylic oxidation sites excluding steroid dienone is 3. The smallest absolute Gasteiger partial charge is 0.345 e. The van der Waals surface area contributed by atoms with Gasteiger partial charge in [0.25, 0.3) is 0 Å². The number of methoxy groups -OCH3 is 2. The molecular formula is C21H18BrNO5S2. The summed E-state index contributed by atoms with van der Waals surface area (Å²) in [4.78, 5) is 40.6. The van der Waals surface area contributed by atoms with Crippen LogP contribution in [-0.4, -0.2) is 49.1 Å². The molecule has 0 saturated heterocycles. The Bertz CT molecular complexity index is 1010. The maximum absolute atomic E-state index is 13.5. The van der Waals surface area contributed by atoms with Gasteiger partial charge in [-0.15, -0.1) is 11.8 Å². The van der Waals surface area contributed by atoms with Crippen LogP contribution in [0.15, 0.2) is 73.6 Å². The van der Waals surface area contributed by atoms with E-state index in [1.807, 2.05) is 6.26 Å². The Labute approximate surface area is 191 Å². The lowest BCUT2D eigenvalue weighted by atomic mass is 9.99. The molecular weight excluding hydrogens is 490 g/mol. The molecule has 1 unspecified atom stereocenters. The number of carbonyl (C=O) groups is 3. The van der Waals surface area contributed by atoms with E-state index >= 15 is 0 Å². The number of benzene rings is 1. The Balaban J connectivity index is 2.23. The van der Waals surface area contributed by atoms with E-state index in [-0.39, 0.29) is 16.3 Å². The lowest BCUT2D eigenvalue weighted by molar-refractivity contribution is -0.139. The molecule has 0 saturated carbocycles. The Morgan fingerprint density at radius 3 is 2.33 bits per heavy atom. The van der Waals surface area contributed by atoms with Crippen LogP contribution in [0.1, 0.15) is 10.4 Å². The molecule has 0 bridgehead atoms. The fourth-order valence-electron chi connectivity index (χ4n) is 3.04. The van der Waals surface area contributed by atoms with Crippen molar-refractivity contribution in [2.75, 3.05) is 20.5 Å². The van der Waals surface area contributed by atoms with Gasteiger partial charge < -0.3 is 14.4 Å². The maximum Gasteiger partial charge on any atom is 0.345 e. The van der Waals surface area contributed by atoms with Gasteiger partial charge in [-0.1, -0.05) is 39.8 Å². The summed E-state index contributed by atoms with van der Waals surface area (Å²) in [6, 6.07) is 6.33. The van der Waals surface area contributed by atoms with Crippen LogP contribution in [0.2, 0.25) is 0 Å². The van der Waals surface area contributed by atoms with Crippen molar-refractivity contribution in [3.63, 3.8) is 0 Å². The van der Waals surface area contributed by atoms with Crippen LogP contribution < -0.4 is 0 Å². The number of ether oxygens (including phenoxy) is 2. The summed E-state index contributed by atoms with van der Waals surface area (Å²) in [6.45, 7) is 0. The van der Waals surface area contributed by atoms with Crippen molar-refractivity contribution >= 4 is 57.2 Å². The fraction of sp³-hybridized carbons (Fsp3) is 0.190. The third-order valence-corrected chi connectivity index (χ3v) is 7.23. The normalized spacial score (nSPS) is 18.1. The second-order valence-corrected chi connectivity index (χ2v) is 9.09. The van der Waals surface area contributed by atoms with E-state index in [0.29, 0.717) is 15.5 Å². The van der Waals surface area contributed by atoms with E-state index in [1.165, 1.54) is 26.0 Å². The van der Waals surface area contributed by atoms with Crippen molar-refractivity contribution in [1.29, 1.82) is 0 Å². The van der Waals surface area contributed by atoms with Gasteiger partial charge in [0.1, 0.15) is 10.6 Å². The summed E-state index contributed by atoms with van der Waals surface area (Å²) in [6.07, 6.45) is 8.81. The zero-order valence-corrected chi connectivity index (χ0v) is 19.6. The number of rotatable bonds is 5. The second kappa shape index (κ2) is 9.72. The summed E-state index contributed by atoms with van der Waals surface area (Å²) >= 11 is 5.74. The van der Waals surface area contributed by atoms with Gasteiger partial charge in [0.05, 0.1) is 30.1 Å². The number of nitrogens with zero attached hydrogens (tertiary/aromatic N) is 1. The zero-order chi connectivity index (χ0) is 21.8. The van der Waals surface area contributed by atoms with Gasteiger partial charge in [0.2, 0.25) is 5.78 Å². The van der Waals surface area contributed by atoms with Crippen LogP contribution in [0, 0.1) is 0 Å². The molecule has 2 aliphatic rings. The molecule has 30 heavy (non-hydrogen) atoms. The molecule has 0 amide bonds. The zero-order valence-electron chi connectivity index (χ0n) is 16.4. The minimum absolute atomic E-state index is 0.0993. The van der Waals surface area contributed by atoms with Crippen molar-refractivity contribution in [3.05, 3.63) is 79.1 Å². The summed E-state index contributed by atoms with van der Waals surface area (Å²) in [5, 5.41) is 0. The molecule has 0 aromatic heterocycles. The number of ketones is 1. The summed E-state index contributed by atoms with van der Waals surface area (Å²) in [7, 11) is 2.50. The van der Waals surface area contributed by atoms with Gasteiger partial charge in [0.15, 0.2) is 0 Å². The number of carbonyl (C=O) groups excluding carboxylic acids is 3. The molecule has 1 atom stereocenters. The lowest BCUT2D eigenvalue weighted by Gasteiger charge is -2.32. The highest BCUT2D eigenvalue weighted by Gasteiger charge is 2.40. The van der Waals surface area contributed by atoms with Crippen LogP contribution >= 0.6 is 39.5 Å². The van der Waals surface area contributed by atoms with Gasteiger partial charge in [-0.2, -0.15) is 0 Å². The number of halogens is 1. The fourth-order valence-corrected chi connectivity index (χ4v) is 5.24. The van der Waals surface area contributed by atoms with Gasteiger partial charge in [-0.25, -0.2) is 9.59 Å². The minimum Gasteiger partial charge on any atom is -0.466 e. The van der Waals surface area contributed by atoms with Gasteiger partial charge >= 0.3 is 11.9 Å². The van der Waals surface area contributed by atoms with Crippen molar-refractivity contribution in [3.8, 4) is 0 Å². The minimum atomic E-state index is -0.692. The van der Waals surface area contributed by atoms with E-state index in [9.17, 15) is 14.4 Å². The van der Waals surface area contributed by atoms with Crippen LogP contribution in [0.4, 0.5) is 0 Å². The van der Waals surface area contributed by atoms with Crippen LogP contribution in [-0.2, 0) is 19.1 Å². The molecule has 9 heteroatoms. The molecule has 6 nitrogen and oxygen atoms in total. The average Bonchev–Trinajstić information content (AvgIpc) is 2.92. The highest BCUT2D eigenvalue weighted by Crippen LogP contribution is 2.45. The van der Waals surface area contributed by atoms with Crippen LogP contribution in [0.5, 0.6) is 0 Å². The number of Topliss-reactive ketones (excluding diaryl/α,β-unsaturated/α-hetero) is 1. The molecule has 0 aliphatic carbocycles. The van der Waals surface area contributed by atoms with E-state index < -0.39 is 18.0 Å². The lowest BCUT2D eigenvalue weighted by Crippen LogP contribution is -2.37. The van der Waals surface area contributed by atoms with Crippen molar-refractivity contribution < 1.29 is 23.9 Å². The van der Waals surface area contributed by atoms with Crippen molar-refractivity contribution in [1.82, 2.24) is 4.90 Å². The van der Waals surface area contributed by atoms with E-state index in [0.717, 1.165) is 16.2 Å². The number of thioether (sulfide) groups is 2. The van der Waals surface area contributed by atoms with Crippen LogP contribution in [0.25, 0.3) is 0 Å². The summed E-state index contributed by atoms with van der Waals surface area (Å²) in [5.74, 6) is -1.54. The molecule has 3 rings (SSSR count). The average molecular weight is 508 g/mol. The molecule has 2 aliphatic heterocycles. The first-order valence-corrected chi connectivity index (χ1v) is 11.6. The molecule has 156 valence electrons. The summed E-state index contributed by atoms with van der Waals surface area (Å²) in [5.41, 5.74) is 0.990. The second-order valence-electron chi connectivity index (χ2n) is 6.08. The summed E-state index contributed by atoms with van der Waals surface area (Å²) < 4.78 is 11.3. The quantitative estimate of drug-likeness (QED) is 0.432. The molecule has 0 radical (unpaired) electrons. The number of hydrogen-bond acceptors (Lipinski definition) is 8. The SMILES string of the molecule is COC(=O)C1=C(C(=O)OC)C2C=CC=CN2C(C(=O)c2ccc(Br)cc2)=C(SC)S1. The van der Waals surface area contributed by atoms with Gasteiger partial charge in [-0.3, -0.25) is 4.79 Å². The number of esters is 2. The predicted molar refractivity (Wildman–Crippen MR) is 122 cm³/mol.